The average Bonchev–Trinajstić information content (AvgIpc) is 2.65. The van der Waals surface area contributed by atoms with Crippen molar-refractivity contribution in [1.82, 2.24) is 19.5 Å². The number of aryl methyl sites for hydroxylation is 2. The Kier molecular flexibility index (Phi) is 1.72. The maximum Gasteiger partial charge on any atom is 0.170 e. The van der Waals surface area contributed by atoms with E-state index in [-0.39, 0.29) is 0 Å². The van der Waals surface area contributed by atoms with Gasteiger partial charge in [-0.3, -0.25) is 0 Å². The van der Waals surface area contributed by atoms with E-state index in [0.29, 0.717) is 11.0 Å². The molecule has 0 aromatic carbocycles. The molecule has 0 saturated heterocycles. The van der Waals surface area contributed by atoms with E-state index in [1.165, 1.54) is 0 Å². The molecule has 2 aromatic heterocycles. The van der Waals surface area contributed by atoms with Crippen LogP contribution >= 0.6 is 23.4 Å². The molecule has 0 radical (unpaired) electrons. The summed E-state index contributed by atoms with van der Waals surface area (Å²) in [4.78, 5) is 12.8. The van der Waals surface area contributed by atoms with Crippen LogP contribution in [0.25, 0.3) is 11.2 Å². The largest absolute Gasteiger partial charge is 0.303 e. The van der Waals surface area contributed by atoms with E-state index in [0.717, 1.165) is 28.6 Å². The topological polar surface area (TPSA) is 43.6 Å². The Labute approximate surface area is 89.7 Å². The standard InChI is InChI=1S/C8H7ClN4S/c1-4-10-6(9)5-7(11-4)13-2-3-14-8(13)12-5/h2-3H2,1H3. The Hall–Kier alpha value is -0.810. The molecule has 0 saturated carbocycles. The van der Waals surface area contributed by atoms with Crippen LogP contribution in [0.5, 0.6) is 0 Å². The first kappa shape index (κ1) is 8.49. The molecule has 3 rings (SSSR count). The van der Waals surface area contributed by atoms with E-state index in [9.17, 15) is 0 Å². The first-order valence-electron chi connectivity index (χ1n) is 4.29. The van der Waals surface area contributed by atoms with Gasteiger partial charge in [0, 0.05) is 12.3 Å². The number of hydrogen-bond donors (Lipinski definition) is 0. The molecule has 0 aliphatic carbocycles. The van der Waals surface area contributed by atoms with Crippen molar-refractivity contribution in [3.05, 3.63) is 11.0 Å². The molecule has 6 heteroatoms. The summed E-state index contributed by atoms with van der Waals surface area (Å²) < 4.78 is 2.10. The van der Waals surface area contributed by atoms with Crippen LogP contribution in [-0.2, 0) is 6.54 Å². The van der Waals surface area contributed by atoms with E-state index in [4.69, 9.17) is 11.6 Å². The fraction of sp³-hybridized carbons (Fsp3) is 0.375. The fourth-order valence-electron chi connectivity index (χ4n) is 1.59. The van der Waals surface area contributed by atoms with Crippen LogP contribution in [0.15, 0.2) is 5.16 Å². The third kappa shape index (κ3) is 1.05. The van der Waals surface area contributed by atoms with Gasteiger partial charge in [0.1, 0.15) is 11.3 Å². The molecule has 0 atom stereocenters. The van der Waals surface area contributed by atoms with Gasteiger partial charge in [-0.15, -0.1) is 0 Å². The molecule has 14 heavy (non-hydrogen) atoms. The Bertz CT molecular complexity index is 522. The monoisotopic (exact) mass is 226 g/mol. The Morgan fingerprint density at radius 3 is 3.07 bits per heavy atom. The molecule has 0 fully saturated rings. The second kappa shape index (κ2) is 2.84. The van der Waals surface area contributed by atoms with Gasteiger partial charge < -0.3 is 4.57 Å². The van der Waals surface area contributed by atoms with Gasteiger partial charge in [-0.1, -0.05) is 23.4 Å². The highest BCUT2D eigenvalue weighted by atomic mass is 35.5. The quantitative estimate of drug-likeness (QED) is 0.644. The van der Waals surface area contributed by atoms with Crippen LogP contribution in [0.3, 0.4) is 0 Å². The molecular formula is C8H7ClN4S. The summed E-state index contributed by atoms with van der Waals surface area (Å²) in [6, 6.07) is 0. The Morgan fingerprint density at radius 1 is 1.36 bits per heavy atom. The average molecular weight is 227 g/mol. The lowest BCUT2D eigenvalue weighted by Gasteiger charge is -1.98. The SMILES string of the molecule is Cc1nc(Cl)c2nc3n(c2n1)CCS3. The minimum absolute atomic E-state index is 0.454. The lowest BCUT2D eigenvalue weighted by atomic mass is 10.5. The number of hydrogen-bond acceptors (Lipinski definition) is 4. The molecule has 72 valence electrons. The van der Waals surface area contributed by atoms with E-state index in [2.05, 4.69) is 19.5 Å². The van der Waals surface area contributed by atoms with Gasteiger partial charge in [0.05, 0.1) is 0 Å². The van der Waals surface area contributed by atoms with Gasteiger partial charge in [0.25, 0.3) is 0 Å². The van der Waals surface area contributed by atoms with Gasteiger partial charge in [-0.2, -0.15) is 0 Å². The molecule has 0 amide bonds. The molecule has 0 unspecified atom stereocenters. The van der Waals surface area contributed by atoms with Gasteiger partial charge in [0.2, 0.25) is 0 Å². The molecule has 1 aliphatic rings. The second-order valence-corrected chi connectivity index (χ2v) is 4.55. The second-order valence-electron chi connectivity index (χ2n) is 3.13. The summed E-state index contributed by atoms with van der Waals surface area (Å²) in [7, 11) is 0. The van der Waals surface area contributed by atoms with Crippen molar-refractivity contribution >= 4 is 34.5 Å². The highest BCUT2D eigenvalue weighted by Crippen LogP contribution is 2.30. The molecule has 0 N–H and O–H groups in total. The van der Waals surface area contributed by atoms with Gasteiger partial charge in [-0.05, 0) is 6.92 Å². The first-order chi connectivity index (χ1) is 6.75. The number of imidazole rings is 1. The number of rotatable bonds is 0. The lowest BCUT2D eigenvalue weighted by Crippen LogP contribution is -1.97. The summed E-state index contributed by atoms with van der Waals surface area (Å²) in [5.74, 6) is 1.76. The predicted molar refractivity (Wildman–Crippen MR) is 55.8 cm³/mol. The van der Waals surface area contributed by atoms with Crippen LogP contribution in [0.4, 0.5) is 0 Å². The van der Waals surface area contributed by atoms with Crippen molar-refractivity contribution in [2.24, 2.45) is 0 Å². The summed E-state index contributed by atoms with van der Waals surface area (Å²) >= 11 is 7.73. The molecular weight excluding hydrogens is 220 g/mol. The lowest BCUT2D eigenvalue weighted by molar-refractivity contribution is 0.733. The minimum Gasteiger partial charge on any atom is -0.303 e. The van der Waals surface area contributed by atoms with Crippen molar-refractivity contribution in [3.8, 4) is 0 Å². The van der Waals surface area contributed by atoms with Gasteiger partial charge >= 0.3 is 0 Å². The zero-order chi connectivity index (χ0) is 9.71. The predicted octanol–water partition coefficient (Wildman–Crippen LogP) is 1.89. The highest BCUT2D eigenvalue weighted by molar-refractivity contribution is 7.99. The van der Waals surface area contributed by atoms with Crippen molar-refractivity contribution in [2.45, 2.75) is 18.6 Å². The Balaban J connectivity index is 2.43. The van der Waals surface area contributed by atoms with Crippen LogP contribution < -0.4 is 0 Å². The maximum absolute atomic E-state index is 5.99. The van der Waals surface area contributed by atoms with E-state index >= 15 is 0 Å². The molecule has 0 bridgehead atoms. The number of aromatic nitrogens is 4. The Morgan fingerprint density at radius 2 is 2.21 bits per heavy atom. The number of nitrogens with zero attached hydrogens (tertiary/aromatic N) is 4. The summed E-state index contributed by atoms with van der Waals surface area (Å²) in [5.41, 5.74) is 1.59. The molecule has 4 nitrogen and oxygen atoms in total. The molecule has 2 aromatic rings. The van der Waals surface area contributed by atoms with E-state index in [1.54, 1.807) is 11.8 Å². The van der Waals surface area contributed by atoms with Crippen molar-refractivity contribution in [2.75, 3.05) is 5.75 Å². The van der Waals surface area contributed by atoms with Crippen molar-refractivity contribution in [3.63, 3.8) is 0 Å². The number of fused-ring (bicyclic) bond motifs is 3. The van der Waals surface area contributed by atoms with Crippen molar-refractivity contribution < 1.29 is 0 Å². The zero-order valence-electron chi connectivity index (χ0n) is 7.49. The minimum atomic E-state index is 0.454. The van der Waals surface area contributed by atoms with Crippen LogP contribution in [0.2, 0.25) is 5.15 Å². The molecule has 0 spiro atoms. The van der Waals surface area contributed by atoms with E-state index < -0.39 is 0 Å². The van der Waals surface area contributed by atoms with Gasteiger partial charge in [-0.25, -0.2) is 15.0 Å². The highest BCUT2D eigenvalue weighted by Gasteiger charge is 2.20. The smallest absolute Gasteiger partial charge is 0.170 e. The van der Waals surface area contributed by atoms with Gasteiger partial charge in [0.15, 0.2) is 16.0 Å². The van der Waals surface area contributed by atoms with Crippen molar-refractivity contribution in [1.29, 1.82) is 0 Å². The first-order valence-corrected chi connectivity index (χ1v) is 5.65. The van der Waals surface area contributed by atoms with Crippen LogP contribution in [0.1, 0.15) is 5.82 Å². The zero-order valence-corrected chi connectivity index (χ0v) is 9.06. The number of thioether (sulfide) groups is 1. The van der Waals surface area contributed by atoms with Crippen LogP contribution in [-0.4, -0.2) is 25.3 Å². The third-order valence-electron chi connectivity index (χ3n) is 2.17. The third-order valence-corrected chi connectivity index (χ3v) is 3.40. The van der Waals surface area contributed by atoms with E-state index in [1.807, 2.05) is 6.92 Å². The molecule has 3 heterocycles. The fourth-order valence-corrected chi connectivity index (χ4v) is 2.78. The summed E-state index contributed by atoms with van der Waals surface area (Å²) in [6.45, 7) is 2.80. The summed E-state index contributed by atoms with van der Waals surface area (Å²) in [5, 5.41) is 1.46. The normalized spacial score (nSPS) is 15.0. The maximum atomic E-state index is 5.99. The number of halogens is 1. The molecule has 1 aliphatic heterocycles. The summed E-state index contributed by atoms with van der Waals surface area (Å²) in [6.07, 6.45) is 0. The van der Waals surface area contributed by atoms with Crippen LogP contribution in [0, 0.1) is 6.92 Å².